The lowest BCUT2D eigenvalue weighted by atomic mass is 9.93. The molecular formula is C14H30N2. The molecule has 96 valence electrons. The molecule has 1 N–H and O–H groups in total. The lowest BCUT2D eigenvalue weighted by molar-refractivity contribution is 0.292. The van der Waals surface area contributed by atoms with Gasteiger partial charge in [0.05, 0.1) is 0 Å². The summed E-state index contributed by atoms with van der Waals surface area (Å²) in [4.78, 5) is 2.64. The highest BCUT2D eigenvalue weighted by Crippen LogP contribution is 2.18. The van der Waals surface area contributed by atoms with Crippen LogP contribution in [0.3, 0.4) is 0 Å². The van der Waals surface area contributed by atoms with Crippen LogP contribution < -0.4 is 5.32 Å². The van der Waals surface area contributed by atoms with Gasteiger partial charge in [0.15, 0.2) is 0 Å². The first-order valence-corrected chi connectivity index (χ1v) is 7.38. The highest BCUT2D eigenvalue weighted by atomic mass is 15.1. The van der Waals surface area contributed by atoms with Gasteiger partial charge < -0.3 is 10.2 Å². The summed E-state index contributed by atoms with van der Waals surface area (Å²) in [5.41, 5.74) is 0. The zero-order chi connectivity index (χ0) is 11.6. The first-order chi connectivity index (χ1) is 7.95. The Morgan fingerprint density at radius 3 is 2.31 bits per heavy atom. The molecule has 0 aromatic heterocycles. The smallest absolute Gasteiger partial charge is 0.00183 e. The molecule has 0 saturated carbocycles. The molecule has 2 nitrogen and oxygen atoms in total. The Balaban J connectivity index is 0.000000606. The molecule has 2 saturated heterocycles. The van der Waals surface area contributed by atoms with Gasteiger partial charge in [0.2, 0.25) is 0 Å². The van der Waals surface area contributed by atoms with Crippen LogP contribution in [0.5, 0.6) is 0 Å². The number of hydrogen-bond donors (Lipinski definition) is 1. The fourth-order valence-corrected chi connectivity index (χ4v) is 2.78. The van der Waals surface area contributed by atoms with Crippen molar-refractivity contribution in [1.29, 1.82) is 0 Å². The second-order valence-corrected chi connectivity index (χ2v) is 4.88. The lowest BCUT2D eigenvalue weighted by Gasteiger charge is -2.23. The molecule has 2 fully saturated rings. The summed E-state index contributed by atoms with van der Waals surface area (Å²) in [7, 11) is 0. The molecule has 0 unspecified atom stereocenters. The minimum absolute atomic E-state index is 1.03. The molecular weight excluding hydrogens is 196 g/mol. The molecule has 2 rings (SSSR count). The van der Waals surface area contributed by atoms with Crippen molar-refractivity contribution in [3.05, 3.63) is 0 Å². The summed E-state index contributed by atoms with van der Waals surface area (Å²) >= 11 is 0. The van der Waals surface area contributed by atoms with E-state index in [1.165, 1.54) is 71.2 Å². The highest BCUT2D eigenvalue weighted by molar-refractivity contribution is 4.70. The van der Waals surface area contributed by atoms with Crippen LogP contribution in [0.25, 0.3) is 0 Å². The van der Waals surface area contributed by atoms with E-state index in [4.69, 9.17) is 0 Å². The number of piperidine rings is 1. The molecule has 2 aliphatic rings. The van der Waals surface area contributed by atoms with Gasteiger partial charge in [0, 0.05) is 0 Å². The van der Waals surface area contributed by atoms with E-state index in [2.05, 4.69) is 10.2 Å². The zero-order valence-electron chi connectivity index (χ0n) is 11.3. The fourth-order valence-electron chi connectivity index (χ4n) is 2.78. The molecule has 2 heteroatoms. The summed E-state index contributed by atoms with van der Waals surface area (Å²) in [6.07, 6.45) is 8.61. The van der Waals surface area contributed by atoms with Crippen molar-refractivity contribution in [2.75, 3.05) is 32.7 Å². The molecule has 0 amide bonds. The number of hydrogen-bond acceptors (Lipinski definition) is 2. The number of nitrogens with zero attached hydrogens (tertiary/aromatic N) is 1. The summed E-state index contributed by atoms with van der Waals surface area (Å²) in [5.74, 6) is 1.03. The van der Waals surface area contributed by atoms with Gasteiger partial charge >= 0.3 is 0 Å². The summed E-state index contributed by atoms with van der Waals surface area (Å²) < 4.78 is 0. The van der Waals surface area contributed by atoms with Crippen molar-refractivity contribution < 1.29 is 0 Å². The third-order valence-electron chi connectivity index (χ3n) is 3.74. The van der Waals surface area contributed by atoms with Crippen molar-refractivity contribution in [2.24, 2.45) is 5.92 Å². The SMILES string of the molecule is C1CCN(CCCC2CCNCC2)C1.CC. The van der Waals surface area contributed by atoms with Crippen LogP contribution in [-0.4, -0.2) is 37.6 Å². The molecule has 2 heterocycles. The topological polar surface area (TPSA) is 15.3 Å². The van der Waals surface area contributed by atoms with Gasteiger partial charge in [-0.15, -0.1) is 0 Å². The molecule has 0 aromatic carbocycles. The van der Waals surface area contributed by atoms with Crippen LogP contribution in [0.4, 0.5) is 0 Å². The quantitative estimate of drug-likeness (QED) is 0.793. The number of rotatable bonds is 4. The van der Waals surface area contributed by atoms with Gasteiger partial charge in [0.25, 0.3) is 0 Å². The molecule has 0 radical (unpaired) electrons. The maximum Gasteiger partial charge on any atom is -0.00183 e. The number of nitrogens with one attached hydrogen (secondary N) is 1. The van der Waals surface area contributed by atoms with Crippen LogP contribution >= 0.6 is 0 Å². The molecule has 2 aliphatic heterocycles. The minimum Gasteiger partial charge on any atom is -0.317 e. The third-order valence-corrected chi connectivity index (χ3v) is 3.74. The molecule has 0 atom stereocenters. The standard InChI is InChI=1S/C12H24N2.C2H6/c1-2-10-14(9-1)11-3-4-12-5-7-13-8-6-12;1-2/h12-13H,1-11H2;1-2H3. The normalized spacial score (nSPS) is 22.9. The van der Waals surface area contributed by atoms with Crippen LogP contribution in [-0.2, 0) is 0 Å². The Labute approximate surface area is 102 Å². The zero-order valence-corrected chi connectivity index (χ0v) is 11.3. The Morgan fingerprint density at radius 1 is 1.06 bits per heavy atom. The van der Waals surface area contributed by atoms with E-state index in [1.807, 2.05) is 13.8 Å². The van der Waals surface area contributed by atoms with E-state index in [-0.39, 0.29) is 0 Å². The summed E-state index contributed by atoms with van der Waals surface area (Å²) in [6, 6.07) is 0. The van der Waals surface area contributed by atoms with E-state index in [0.29, 0.717) is 0 Å². The maximum atomic E-state index is 3.44. The average Bonchev–Trinajstić information content (AvgIpc) is 2.86. The van der Waals surface area contributed by atoms with E-state index in [9.17, 15) is 0 Å². The molecule has 0 bridgehead atoms. The van der Waals surface area contributed by atoms with Crippen LogP contribution in [0.15, 0.2) is 0 Å². The van der Waals surface area contributed by atoms with E-state index in [1.54, 1.807) is 0 Å². The fraction of sp³-hybridized carbons (Fsp3) is 1.00. The van der Waals surface area contributed by atoms with Gasteiger partial charge in [0.1, 0.15) is 0 Å². The monoisotopic (exact) mass is 226 g/mol. The van der Waals surface area contributed by atoms with Crippen LogP contribution in [0.1, 0.15) is 52.4 Å². The molecule has 0 aliphatic carbocycles. The van der Waals surface area contributed by atoms with E-state index < -0.39 is 0 Å². The Bertz CT molecular complexity index is 147. The minimum atomic E-state index is 1.03. The largest absolute Gasteiger partial charge is 0.317 e. The maximum absolute atomic E-state index is 3.44. The van der Waals surface area contributed by atoms with Crippen molar-refractivity contribution in [1.82, 2.24) is 10.2 Å². The molecule has 0 spiro atoms. The Morgan fingerprint density at radius 2 is 1.69 bits per heavy atom. The third kappa shape index (κ3) is 5.31. The van der Waals surface area contributed by atoms with Gasteiger partial charge in [-0.1, -0.05) is 13.8 Å². The molecule has 16 heavy (non-hydrogen) atoms. The van der Waals surface area contributed by atoms with Crippen molar-refractivity contribution in [3.8, 4) is 0 Å². The van der Waals surface area contributed by atoms with E-state index >= 15 is 0 Å². The van der Waals surface area contributed by atoms with Crippen molar-refractivity contribution in [3.63, 3.8) is 0 Å². The average molecular weight is 226 g/mol. The second-order valence-electron chi connectivity index (χ2n) is 4.88. The predicted molar refractivity (Wildman–Crippen MR) is 71.8 cm³/mol. The summed E-state index contributed by atoms with van der Waals surface area (Å²) in [5, 5.41) is 3.44. The second kappa shape index (κ2) is 9.00. The van der Waals surface area contributed by atoms with Gasteiger partial charge in [-0.3, -0.25) is 0 Å². The van der Waals surface area contributed by atoms with Gasteiger partial charge in [-0.05, 0) is 77.2 Å². The highest BCUT2D eigenvalue weighted by Gasteiger charge is 2.14. The first-order valence-electron chi connectivity index (χ1n) is 7.38. The Hall–Kier alpha value is -0.0800. The number of likely N-dealkylation sites (tertiary alicyclic amines) is 1. The predicted octanol–water partition coefficient (Wildman–Crippen LogP) is 2.89. The summed E-state index contributed by atoms with van der Waals surface area (Å²) in [6.45, 7) is 10.6. The van der Waals surface area contributed by atoms with E-state index in [0.717, 1.165) is 5.92 Å². The van der Waals surface area contributed by atoms with Crippen molar-refractivity contribution >= 4 is 0 Å². The Kier molecular flexibility index (Phi) is 7.87. The van der Waals surface area contributed by atoms with Gasteiger partial charge in [-0.25, -0.2) is 0 Å². The van der Waals surface area contributed by atoms with Crippen LogP contribution in [0.2, 0.25) is 0 Å². The lowest BCUT2D eigenvalue weighted by Crippen LogP contribution is -2.28. The van der Waals surface area contributed by atoms with Crippen LogP contribution in [0, 0.1) is 5.92 Å². The first kappa shape index (κ1) is 14.0. The van der Waals surface area contributed by atoms with Crippen molar-refractivity contribution in [2.45, 2.75) is 52.4 Å². The van der Waals surface area contributed by atoms with Gasteiger partial charge in [-0.2, -0.15) is 0 Å². The molecule has 0 aromatic rings.